The van der Waals surface area contributed by atoms with E-state index in [9.17, 15) is 4.79 Å². The van der Waals surface area contributed by atoms with Crippen molar-refractivity contribution in [3.63, 3.8) is 0 Å². The van der Waals surface area contributed by atoms with Crippen LogP contribution in [0, 0.1) is 11.3 Å². The van der Waals surface area contributed by atoms with Crippen LogP contribution in [0.25, 0.3) is 0 Å². The Hall–Kier alpha value is -0.530. The van der Waals surface area contributed by atoms with Crippen LogP contribution in [0.15, 0.2) is 0 Å². The minimum atomic E-state index is 0.0992. The highest BCUT2D eigenvalue weighted by Crippen LogP contribution is 2.24. The molecule has 2 atom stereocenters. The van der Waals surface area contributed by atoms with Crippen molar-refractivity contribution in [2.45, 2.75) is 65.8 Å². The second-order valence-corrected chi connectivity index (χ2v) is 6.17. The number of carbonyl (C=O) groups is 1. The molecule has 1 aliphatic rings. The Morgan fingerprint density at radius 2 is 1.87 bits per heavy atom. The largest absolute Gasteiger partial charge is 0.353 e. The van der Waals surface area contributed by atoms with Crippen molar-refractivity contribution < 1.29 is 4.79 Å². The van der Waals surface area contributed by atoms with Crippen molar-refractivity contribution in [3.05, 3.63) is 0 Å². The van der Waals surface area contributed by atoms with Crippen LogP contribution in [0.5, 0.6) is 0 Å². The third-order valence-corrected chi connectivity index (χ3v) is 3.15. The first-order valence-corrected chi connectivity index (χ1v) is 6.18. The van der Waals surface area contributed by atoms with Crippen LogP contribution < -0.4 is 5.32 Å². The summed E-state index contributed by atoms with van der Waals surface area (Å²) in [6.07, 6.45) is 5.66. The summed E-state index contributed by atoms with van der Waals surface area (Å²) >= 11 is 0. The molecule has 2 heteroatoms. The Morgan fingerprint density at radius 3 is 2.40 bits per heavy atom. The van der Waals surface area contributed by atoms with Gasteiger partial charge in [-0.15, -0.1) is 0 Å². The highest BCUT2D eigenvalue weighted by molar-refractivity contribution is 5.76. The van der Waals surface area contributed by atoms with Crippen molar-refractivity contribution in [3.8, 4) is 0 Å². The highest BCUT2D eigenvalue weighted by Gasteiger charge is 2.24. The number of hydrogen-bond donors (Lipinski definition) is 1. The Kier molecular flexibility index (Phi) is 4.18. The van der Waals surface area contributed by atoms with E-state index in [4.69, 9.17) is 0 Å². The van der Waals surface area contributed by atoms with Gasteiger partial charge in [0.05, 0.1) is 0 Å². The second-order valence-electron chi connectivity index (χ2n) is 6.17. The first kappa shape index (κ1) is 12.5. The summed E-state index contributed by atoms with van der Waals surface area (Å²) < 4.78 is 0. The van der Waals surface area contributed by atoms with Gasteiger partial charge in [0.1, 0.15) is 0 Å². The topological polar surface area (TPSA) is 29.1 Å². The van der Waals surface area contributed by atoms with Gasteiger partial charge in [0.25, 0.3) is 0 Å². The number of nitrogens with one attached hydrogen (secondary N) is 1. The average Bonchev–Trinajstić information content (AvgIpc) is 2.05. The summed E-state index contributed by atoms with van der Waals surface area (Å²) in [5.41, 5.74) is 0.0992. The molecular formula is C13H25NO. The Bertz CT molecular complexity index is 217. The molecule has 15 heavy (non-hydrogen) atoms. The highest BCUT2D eigenvalue weighted by atomic mass is 16.1. The van der Waals surface area contributed by atoms with Gasteiger partial charge in [0.2, 0.25) is 5.91 Å². The van der Waals surface area contributed by atoms with Gasteiger partial charge in [-0.2, -0.15) is 0 Å². The van der Waals surface area contributed by atoms with Crippen molar-refractivity contribution >= 4 is 5.91 Å². The van der Waals surface area contributed by atoms with Gasteiger partial charge in [-0.05, 0) is 24.2 Å². The van der Waals surface area contributed by atoms with Gasteiger partial charge in [-0.25, -0.2) is 0 Å². The smallest absolute Gasteiger partial charge is 0.220 e. The third kappa shape index (κ3) is 4.67. The van der Waals surface area contributed by atoms with E-state index in [1.54, 1.807) is 0 Å². The lowest BCUT2D eigenvalue weighted by Crippen LogP contribution is -2.42. The van der Waals surface area contributed by atoms with E-state index < -0.39 is 0 Å². The van der Waals surface area contributed by atoms with E-state index in [1.807, 2.05) is 0 Å². The summed E-state index contributed by atoms with van der Waals surface area (Å²) in [6.45, 7) is 8.58. The first-order valence-electron chi connectivity index (χ1n) is 6.18. The molecule has 1 rings (SSSR count). The SMILES string of the molecule is C[C@H]1CCCC[C@@H]1NC(=O)CC(C)(C)C. The number of hydrogen-bond acceptors (Lipinski definition) is 1. The standard InChI is InChI=1S/C13H25NO/c1-10-7-5-6-8-11(10)14-12(15)9-13(2,3)4/h10-11H,5-9H2,1-4H3,(H,14,15)/t10-,11-/m0/s1. The van der Waals surface area contributed by atoms with Crippen LogP contribution in [-0.2, 0) is 4.79 Å². The molecule has 0 aliphatic heterocycles. The van der Waals surface area contributed by atoms with E-state index >= 15 is 0 Å². The molecule has 0 unspecified atom stereocenters. The Morgan fingerprint density at radius 1 is 1.27 bits per heavy atom. The molecule has 0 radical (unpaired) electrons. The molecule has 1 amide bonds. The fraction of sp³-hybridized carbons (Fsp3) is 0.923. The van der Waals surface area contributed by atoms with Crippen LogP contribution in [-0.4, -0.2) is 11.9 Å². The molecule has 0 aromatic rings. The van der Waals surface area contributed by atoms with Gasteiger partial charge in [0.15, 0.2) is 0 Å². The van der Waals surface area contributed by atoms with Gasteiger partial charge in [-0.3, -0.25) is 4.79 Å². The molecule has 2 nitrogen and oxygen atoms in total. The molecule has 1 N–H and O–H groups in total. The van der Waals surface area contributed by atoms with Crippen LogP contribution >= 0.6 is 0 Å². The zero-order chi connectivity index (χ0) is 11.5. The third-order valence-electron chi connectivity index (χ3n) is 3.15. The van der Waals surface area contributed by atoms with Gasteiger partial charge in [0, 0.05) is 12.5 Å². The normalized spacial score (nSPS) is 27.5. The van der Waals surface area contributed by atoms with Crippen molar-refractivity contribution in [2.24, 2.45) is 11.3 Å². The summed E-state index contributed by atoms with van der Waals surface area (Å²) in [7, 11) is 0. The molecule has 0 saturated heterocycles. The zero-order valence-corrected chi connectivity index (χ0v) is 10.6. The summed E-state index contributed by atoms with van der Waals surface area (Å²) in [5.74, 6) is 0.879. The molecule has 0 aromatic carbocycles. The molecule has 0 bridgehead atoms. The fourth-order valence-electron chi connectivity index (χ4n) is 2.27. The van der Waals surface area contributed by atoms with Crippen LogP contribution in [0.1, 0.15) is 59.8 Å². The molecule has 0 heterocycles. The maximum Gasteiger partial charge on any atom is 0.220 e. The Balaban J connectivity index is 2.36. The van der Waals surface area contributed by atoms with Gasteiger partial charge >= 0.3 is 0 Å². The maximum absolute atomic E-state index is 11.8. The van der Waals surface area contributed by atoms with E-state index in [0.717, 1.165) is 6.42 Å². The monoisotopic (exact) mass is 211 g/mol. The van der Waals surface area contributed by atoms with Crippen LogP contribution in [0.3, 0.4) is 0 Å². The van der Waals surface area contributed by atoms with Crippen LogP contribution in [0.2, 0.25) is 0 Å². The lowest BCUT2D eigenvalue weighted by Gasteiger charge is -2.30. The first-order chi connectivity index (χ1) is 6.88. The van der Waals surface area contributed by atoms with E-state index in [1.165, 1.54) is 19.3 Å². The predicted octanol–water partition coefficient (Wildman–Crippen LogP) is 3.12. The van der Waals surface area contributed by atoms with Crippen LogP contribution in [0.4, 0.5) is 0 Å². The molecule has 88 valence electrons. The summed E-state index contributed by atoms with van der Waals surface area (Å²) in [6, 6.07) is 0.425. The summed E-state index contributed by atoms with van der Waals surface area (Å²) in [4.78, 5) is 11.8. The Labute approximate surface area is 93.8 Å². The fourth-order valence-corrected chi connectivity index (χ4v) is 2.27. The molecule has 0 aromatic heterocycles. The lowest BCUT2D eigenvalue weighted by molar-refractivity contribution is -0.124. The van der Waals surface area contributed by atoms with Crippen molar-refractivity contribution in [1.82, 2.24) is 5.32 Å². The molecule has 0 spiro atoms. The molecular weight excluding hydrogens is 186 g/mol. The van der Waals surface area contributed by atoms with Gasteiger partial charge < -0.3 is 5.32 Å². The number of rotatable bonds is 2. The van der Waals surface area contributed by atoms with E-state index in [0.29, 0.717) is 18.4 Å². The summed E-state index contributed by atoms with van der Waals surface area (Å²) in [5, 5.41) is 3.19. The van der Waals surface area contributed by atoms with E-state index in [2.05, 4.69) is 33.0 Å². The molecule has 1 fully saturated rings. The minimum Gasteiger partial charge on any atom is -0.353 e. The van der Waals surface area contributed by atoms with Crippen molar-refractivity contribution in [1.29, 1.82) is 0 Å². The second kappa shape index (κ2) is 5.00. The molecule has 1 aliphatic carbocycles. The van der Waals surface area contributed by atoms with E-state index in [-0.39, 0.29) is 11.3 Å². The van der Waals surface area contributed by atoms with Gasteiger partial charge in [-0.1, -0.05) is 40.5 Å². The average molecular weight is 211 g/mol. The predicted molar refractivity (Wildman–Crippen MR) is 63.6 cm³/mol. The molecule has 1 saturated carbocycles. The van der Waals surface area contributed by atoms with Crippen molar-refractivity contribution in [2.75, 3.05) is 0 Å². The maximum atomic E-state index is 11.8. The number of carbonyl (C=O) groups excluding carboxylic acids is 1. The number of amides is 1. The quantitative estimate of drug-likeness (QED) is 0.747. The zero-order valence-electron chi connectivity index (χ0n) is 10.6. The minimum absolute atomic E-state index is 0.0992. The lowest BCUT2D eigenvalue weighted by atomic mass is 9.85.